The van der Waals surface area contributed by atoms with Crippen LogP contribution >= 0.6 is 0 Å². The Morgan fingerprint density at radius 2 is 1.87 bits per heavy atom. The summed E-state index contributed by atoms with van der Waals surface area (Å²) in [6, 6.07) is 11.6. The van der Waals surface area contributed by atoms with E-state index in [4.69, 9.17) is 9.47 Å². The summed E-state index contributed by atoms with van der Waals surface area (Å²) in [6.07, 6.45) is 0.809. The number of nitrogens with one attached hydrogen (secondary N) is 3. The average molecular weight is 416 g/mol. The van der Waals surface area contributed by atoms with Crippen LogP contribution < -0.4 is 20.7 Å². The number of hydrogen-bond donors (Lipinski definition) is 3. The first kappa shape index (κ1) is 23.2. The molecule has 0 unspecified atom stereocenters. The molecular weight excluding hydrogens is 387 g/mol. The van der Waals surface area contributed by atoms with Crippen molar-refractivity contribution in [3.8, 4) is 5.75 Å². The normalized spacial score (nSPS) is 11.1. The molecule has 8 heteroatoms. The Morgan fingerprint density at radius 3 is 2.57 bits per heavy atom. The molecule has 0 spiro atoms. The third-order valence-corrected chi connectivity index (χ3v) is 4.19. The van der Waals surface area contributed by atoms with Gasteiger partial charge in [0.1, 0.15) is 11.6 Å². The van der Waals surface area contributed by atoms with Gasteiger partial charge in [0, 0.05) is 45.0 Å². The first-order valence-corrected chi connectivity index (χ1v) is 9.73. The van der Waals surface area contributed by atoms with Crippen LogP contribution in [0.25, 0.3) is 0 Å². The maximum atomic E-state index is 12.9. The SMILES string of the molecule is CN=C(NCC(=O)Nc1ccc(F)cc1)NCc1ccc(C)cc1OCCCOC. The Hall–Kier alpha value is -3.13. The molecule has 30 heavy (non-hydrogen) atoms. The molecule has 2 aromatic carbocycles. The maximum Gasteiger partial charge on any atom is 0.243 e. The second-order valence-electron chi connectivity index (χ2n) is 6.64. The fourth-order valence-corrected chi connectivity index (χ4v) is 2.63. The van der Waals surface area contributed by atoms with Crippen molar-refractivity contribution in [2.24, 2.45) is 4.99 Å². The number of nitrogens with zero attached hydrogens (tertiary/aromatic N) is 1. The van der Waals surface area contributed by atoms with Gasteiger partial charge in [0.25, 0.3) is 0 Å². The summed E-state index contributed by atoms with van der Waals surface area (Å²) in [6.45, 7) is 3.74. The number of ether oxygens (including phenoxy) is 2. The van der Waals surface area contributed by atoms with Crippen molar-refractivity contribution >= 4 is 17.6 Å². The van der Waals surface area contributed by atoms with Gasteiger partial charge in [0.15, 0.2) is 5.96 Å². The molecule has 1 amide bonds. The van der Waals surface area contributed by atoms with Gasteiger partial charge in [-0.15, -0.1) is 0 Å². The number of methoxy groups -OCH3 is 1. The molecule has 162 valence electrons. The van der Waals surface area contributed by atoms with Crippen molar-refractivity contribution in [2.75, 3.05) is 39.2 Å². The van der Waals surface area contributed by atoms with E-state index in [0.717, 1.165) is 23.3 Å². The second kappa shape index (κ2) is 12.4. The second-order valence-corrected chi connectivity index (χ2v) is 6.64. The highest BCUT2D eigenvalue weighted by Crippen LogP contribution is 2.20. The Balaban J connectivity index is 1.84. The number of carbonyl (C=O) groups excluding carboxylic acids is 1. The number of amides is 1. The Kier molecular flexibility index (Phi) is 9.60. The van der Waals surface area contributed by atoms with E-state index < -0.39 is 0 Å². The summed E-state index contributed by atoms with van der Waals surface area (Å²) in [5.41, 5.74) is 2.62. The van der Waals surface area contributed by atoms with E-state index >= 15 is 0 Å². The van der Waals surface area contributed by atoms with E-state index in [0.29, 0.717) is 31.4 Å². The van der Waals surface area contributed by atoms with Crippen molar-refractivity contribution < 1.29 is 18.7 Å². The predicted octanol–water partition coefficient (Wildman–Crippen LogP) is 2.85. The van der Waals surface area contributed by atoms with Crippen molar-refractivity contribution in [3.05, 3.63) is 59.4 Å². The minimum Gasteiger partial charge on any atom is -0.493 e. The number of anilines is 1. The quantitative estimate of drug-likeness (QED) is 0.315. The molecule has 0 radical (unpaired) electrons. The van der Waals surface area contributed by atoms with Crippen LogP contribution in [0.15, 0.2) is 47.5 Å². The monoisotopic (exact) mass is 416 g/mol. The number of halogens is 1. The molecule has 3 N–H and O–H groups in total. The van der Waals surface area contributed by atoms with E-state index in [1.54, 1.807) is 14.2 Å². The number of aliphatic imine (C=N–C) groups is 1. The van der Waals surface area contributed by atoms with Crippen LogP contribution in [0.4, 0.5) is 10.1 Å². The van der Waals surface area contributed by atoms with Crippen LogP contribution in [-0.2, 0) is 16.1 Å². The third kappa shape index (κ3) is 8.08. The van der Waals surface area contributed by atoms with Gasteiger partial charge in [-0.2, -0.15) is 0 Å². The lowest BCUT2D eigenvalue weighted by Gasteiger charge is -2.15. The Morgan fingerprint density at radius 1 is 1.10 bits per heavy atom. The number of aryl methyl sites for hydroxylation is 1. The minimum absolute atomic E-state index is 0.0192. The molecule has 2 aromatic rings. The molecule has 0 saturated carbocycles. The van der Waals surface area contributed by atoms with Gasteiger partial charge < -0.3 is 25.4 Å². The molecule has 0 aliphatic heterocycles. The van der Waals surface area contributed by atoms with Crippen LogP contribution in [0.3, 0.4) is 0 Å². The van der Waals surface area contributed by atoms with E-state index in [-0.39, 0.29) is 18.3 Å². The van der Waals surface area contributed by atoms with E-state index in [2.05, 4.69) is 20.9 Å². The van der Waals surface area contributed by atoms with E-state index in [9.17, 15) is 9.18 Å². The zero-order chi connectivity index (χ0) is 21.8. The summed E-state index contributed by atoms with van der Waals surface area (Å²) in [5.74, 6) is 0.675. The predicted molar refractivity (Wildman–Crippen MR) is 116 cm³/mol. The third-order valence-electron chi connectivity index (χ3n) is 4.19. The number of benzene rings is 2. The Bertz CT molecular complexity index is 841. The van der Waals surface area contributed by atoms with Crippen LogP contribution in [-0.4, -0.2) is 45.8 Å². The summed E-state index contributed by atoms with van der Waals surface area (Å²) in [4.78, 5) is 16.2. The van der Waals surface area contributed by atoms with Gasteiger partial charge in [0.05, 0.1) is 13.2 Å². The van der Waals surface area contributed by atoms with Crippen molar-refractivity contribution in [3.63, 3.8) is 0 Å². The van der Waals surface area contributed by atoms with Crippen LogP contribution in [0.2, 0.25) is 0 Å². The number of hydrogen-bond acceptors (Lipinski definition) is 4. The van der Waals surface area contributed by atoms with Crippen molar-refractivity contribution in [2.45, 2.75) is 19.9 Å². The molecule has 0 saturated heterocycles. The summed E-state index contributed by atoms with van der Waals surface area (Å²) in [7, 11) is 3.30. The van der Waals surface area contributed by atoms with Crippen LogP contribution in [0, 0.1) is 12.7 Å². The largest absolute Gasteiger partial charge is 0.493 e. The number of carbonyl (C=O) groups is 1. The number of guanidine groups is 1. The first-order valence-electron chi connectivity index (χ1n) is 9.73. The van der Waals surface area contributed by atoms with Crippen molar-refractivity contribution in [1.82, 2.24) is 10.6 Å². The van der Waals surface area contributed by atoms with Gasteiger partial charge in [0.2, 0.25) is 5.91 Å². The molecule has 0 aromatic heterocycles. The summed E-state index contributed by atoms with van der Waals surface area (Å²) in [5, 5.41) is 8.83. The fraction of sp³-hybridized carbons (Fsp3) is 0.364. The van der Waals surface area contributed by atoms with E-state index in [1.807, 2.05) is 25.1 Å². The molecule has 0 atom stereocenters. The van der Waals surface area contributed by atoms with E-state index in [1.165, 1.54) is 24.3 Å². The highest BCUT2D eigenvalue weighted by atomic mass is 19.1. The van der Waals surface area contributed by atoms with Gasteiger partial charge in [-0.25, -0.2) is 4.39 Å². The van der Waals surface area contributed by atoms with Gasteiger partial charge in [-0.1, -0.05) is 12.1 Å². The molecule has 0 aliphatic carbocycles. The Labute approximate surface area is 176 Å². The molecule has 2 rings (SSSR count). The lowest BCUT2D eigenvalue weighted by molar-refractivity contribution is -0.115. The molecule has 0 bridgehead atoms. The molecule has 7 nitrogen and oxygen atoms in total. The molecule has 0 fully saturated rings. The molecule has 0 aliphatic rings. The summed E-state index contributed by atoms with van der Waals surface area (Å²) >= 11 is 0. The minimum atomic E-state index is -0.353. The smallest absolute Gasteiger partial charge is 0.243 e. The van der Waals surface area contributed by atoms with Gasteiger partial charge >= 0.3 is 0 Å². The highest BCUT2D eigenvalue weighted by molar-refractivity contribution is 5.94. The number of rotatable bonds is 10. The zero-order valence-corrected chi connectivity index (χ0v) is 17.6. The van der Waals surface area contributed by atoms with Crippen molar-refractivity contribution in [1.29, 1.82) is 0 Å². The average Bonchev–Trinajstić information content (AvgIpc) is 2.74. The highest BCUT2D eigenvalue weighted by Gasteiger charge is 2.08. The lowest BCUT2D eigenvalue weighted by Crippen LogP contribution is -2.41. The fourth-order valence-electron chi connectivity index (χ4n) is 2.63. The van der Waals surface area contributed by atoms with Gasteiger partial charge in [-0.05, 0) is 42.8 Å². The van der Waals surface area contributed by atoms with Gasteiger partial charge in [-0.3, -0.25) is 9.79 Å². The topological polar surface area (TPSA) is 84.0 Å². The summed E-state index contributed by atoms with van der Waals surface area (Å²) < 4.78 is 23.9. The maximum absolute atomic E-state index is 12.9. The van der Waals surface area contributed by atoms with Crippen LogP contribution in [0.5, 0.6) is 5.75 Å². The lowest BCUT2D eigenvalue weighted by atomic mass is 10.1. The van der Waals surface area contributed by atoms with Crippen LogP contribution in [0.1, 0.15) is 17.5 Å². The standard InChI is InChI=1S/C22H29FN4O3/c1-16-5-6-17(20(13-16)30-12-4-11-29-3)14-25-22(24-2)26-15-21(28)27-19-9-7-18(23)8-10-19/h5-10,13H,4,11-12,14-15H2,1-3H3,(H,27,28)(H2,24,25,26). The zero-order valence-electron chi connectivity index (χ0n) is 17.6. The molecular formula is C22H29FN4O3. The first-order chi connectivity index (χ1) is 14.5. The molecule has 0 heterocycles.